The van der Waals surface area contributed by atoms with Crippen molar-refractivity contribution in [2.45, 2.75) is 20.1 Å². The van der Waals surface area contributed by atoms with E-state index in [9.17, 15) is 0 Å². The molecule has 0 spiro atoms. The van der Waals surface area contributed by atoms with Crippen LogP contribution in [0.25, 0.3) is 0 Å². The molecule has 0 radical (unpaired) electrons. The summed E-state index contributed by atoms with van der Waals surface area (Å²) in [6.45, 7) is 0. The number of rotatable bonds is 1. The van der Waals surface area contributed by atoms with Crippen LogP contribution < -0.4 is 0 Å². The zero-order valence-corrected chi connectivity index (χ0v) is 14.0. The second kappa shape index (κ2) is 4.76. The number of allylic oxidation sites excluding steroid dienone is 1. The molecule has 0 saturated heterocycles. The van der Waals surface area contributed by atoms with E-state index < -0.39 is 0 Å². The molecule has 4 unspecified atom stereocenters. The van der Waals surface area contributed by atoms with Gasteiger partial charge in [0.2, 0.25) is 0 Å². The largest absolute Gasteiger partial charge is 0.386 e. The summed E-state index contributed by atoms with van der Waals surface area (Å²) >= 11 is 11.2. The van der Waals surface area contributed by atoms with Gasteiger partial charge in [0, 0.05) is 10.4 Å². The molecule has 2 aliphatic rings. The van der Waals surface area contributed by atoms with Gasteiger partial charge in [0.25, 0.3) is 0 Å². The Labute approximate surface area is 131 Å². The van der Waals surface area contributed by atoms with E-state index in [-0.39, 0.29) is 20.1 Å². The van der Waals surface area contributed by atoms with Crippen molar-refractivity contribution in [2.24, 2.45) is 5.16 Å². The van der Waals surface area contributed by atoms with Crippen LogP contribution in [0, 0.1) is 0 Å². The van der Waals surface area contributed by atoms with Gasteiger partial charge in [-0.1, -0.05) is 89.4 Å². The van der Waals surface area contributed by atoms with Gasteiger partial charge in [-0.15, -0.1) is 0 Å². The highest BCUT2D eigenvalue weighted by Crippen LogP contribution is 2.47. The third-order valence-electron chi connectivity index (χ3n) is 3.23. The maximum Gasteiger partial charge on any atom is 0.167 e. The second-order valence-corrected chi connectivity index (χ2v) is 7.69. The summed E-state index contributed by atoms with van der Waals surface area (Å²) in [5.74, 6) is 0. The van der Waals surface area contributed by atoms with Crippen LogP contribution in [0.2, 0.25) is 0 Å². The molecule has 0 fully saturated rings. The van der Waals surface area contributed by atoms with Gasteiger partial charge in [-0.3, -0.25) is 0 Å². The molecule has 0 amide bonds. The summed E-state index contributed by atoms with van der Waals surface area (Å²) in [6, 6.07) is 10.1. The van der Waals surface area contributed by atoms with Gasteiger partial charge < -0.3 is 4.84 Å². The average Bonchev–Trinajstić information content (AvgIpc) is 2.74. The van der Waals surface area contributed by atoms with Gasteiger partial charge in [-0.2, -0.15) is 0 Å². The van der Waals surface area contributed by atoms with Crippen LogP contribution in [0.15, 0.2) is 47.6 Å². The van der Waals surface area contributed by atoms with Crippen LogP contribution in [0.3, 0.4) is 0 Å². The van der Waals surface area contributed by atoms with E-state index >= 15 is 0 Å². The predicted octanol–water partition coefficient (Wildman–Crippen LogP) is 4.02. The van der Waals surface area contributed by atoms with E-state index in [1.54, 1.807) is 0 Å². The minimum absolute atomic E-state index is 0.0779. The summed E-state index contributed by atoms with van der Waals surface area (Å²) in [4.78, 5) is 5.96. The summed E-state index contributed by atoms with van der Waals surface area (Å²) in [5.41, 5.74) is 2.01. The van der Waals surface area contributed by atoms with Gasteiger partial charge >= 0.3 is 0 Å². The Morgan fingerprint density at radius 1 is 1.11 bits per heavy atom. The molecule has 1 aliphatic carbocycles. The van der Waals surface area contributed by atoms with Crippen molar-refractivity contribution in [1.29, 1.82) is 0 Å². The van der Waals surface area contributed by atoms with Crippen molar-refractivity contribution in [2.75, 3.05) is 0 Å². The molecule has 0 bridgehead atoms. The normalized spacial score (nSPS) is 37.9. The minimum Gasteiger partial charge on any atom is -0.386 e. The maximum absolute atomic E-state index is 5.55. The molecule has 18 heavy (non-hydrogen) atoms. The van der Waals surface area contributed by atoms with Crippen molar-refractivity contribution in [3.05, 3.63) is 48.0 Å². The molecule has 0 aromatic heterocycles. The molecule has 94 valence electrons. The van der Waals surface area contributed by atoms with Crippen molar-refractivity contribution >= 4 is 53.5 Å². The van der Waals surface area contributed by atoms with Crippen LogP contribution in [-0.4, -0.2) is 25.8 Å². The Balaban J connectivity index is 2.06. The quantitative estimate of drug-likeness (QED) is 0.482. The highest BCUT2D eigenvalue weighted by atomic mass is 79.9. The summed E-state index contributed by atoms with van der Waals surface area (Å²) in [6.07, 6.45) is 4.06. The first kappa shape index (κ1) is 12.9. The molecule has 0 N–H and O–H groups in total. The Morgan fingerprint density at radius 2 is 1.83 bits per heavy atom. The molecule has 3 rings (SSSR count). The number of alkyl halides is 3. The second-order valence-electron chi connectivity index (χ2n) is 4.33. The SMILES string of the molecule is BrC1C=CC2ON=C(c3ccccc3)C2(Br)C1Br. The number of hydrogen-bond acceptors (Lipinski definition) is 2. The summed E-state index contributed by atoms with van der Waals surface area (Å²) in [7, 11) is 0. The lowest BCUT2D eigenvalue weighted by molar-refractivity contribution is 0.104. The number of fused-ring (bicyclic) bond motifs is 1. The monoisotopic (exact) mass is 433 g/mol. The van der Waals surface area contributed by atoms with Crippen molar-refractivity contribution < 1.29 is 4.84 Å². The zero-order chi connectivity index (χ0) is 12.8. The lowest BCUT2D eigenvalue weighted by Gasteiger charge is -2.36. The molecule has 0 saturated carbocycles. The summed E-state index contributed by atoms with van der Waals surface area (Å²) in [5, 5.41) is 4.27. The van der Waals surface area contributed by atoms with E-state index in [1.165, 1.54) is 0 Å². The van der Waals surface area contributed by atoms with E-state index in [2.05, 4.69) is 71.2 Å². The molecule has 1 aliphatic heterocycles. The highest BCUT2D eigenvalue weighted by Gasteiger charge is 2.55. The Bertz CT molecular complexity index is 516. The van der Waals surface area contributed by atoms with Crippen LogP contribution >= 0.6 is 47.8 Å². The zero-order valence-electron chi connectivity index (χ0n) is 9.26. The van der Waals surface area contributed by atoms with Crippen molar-refractivity contribution in [3.8, 4) is 0 Å². The van der Waals surface area contributed by atoms with Gasteiger partial charge in [0.05, 0.1) is 4.83 Å². The average molecular weight is 436 g/mol. The van der Waals surface area contributed by atoms with Gasteiger partial charge in [0.1, 0.15) is 10.0 Å². The van der Waals surface area contributed by atoms with E-state index in [4.69, 9.17) is 4.84 Å². The Kier molecular flexibility index (Phi) is 3.41. The van der Waals surface area contributed by atoms with Gasteiger partial charge in [-0.25, -0.2) is 0 Å². The molecule has 1 heterocycles. The third-order valence-corrected chi connectivity index (χ3v) is 8.00. The number of hydrogen-bond donors (Lipinski definition) is 0. The first-order valence-electron chi connectivity index (χ1n) is 5.59. The van der Waals surface area contributed by atoms with E-state index in [1.807, 2.05) is 24.3 Å². The molecule has 1 aromatic carbocycles. The van der Waals surface area contributed by atoms with Crippen LogP contribution in [0.4, 0.5) is 0 Å². The lowest BCUT2D eigenvalue weighted by atomic mass is 9.85. The van der Waals surface area contributed by atoms with Crippen LogP contribution in [0.1, 0.15) is 5.56 Å². The molecule has 4 atom stereocenters. The lowest BCUT2D eigenvalue weighted by Crippen LogP contribution is -2.52. The fourth-order valence-electron chi connectivity index (χ4n) is 2.26. The minimum atomic E-state index is -0.336. The Hall–Kier alpha value is -0.130. The highest BCUT2D eigenvalue weighted by molar-refractivity contribution is 9.14. The van der Waals surface area contributed by atoms with Gasteiger partial charge in [-0.05, 0) is 6.08 Å². The van der Waals surface area contributed by atoms with Gasteiger partial charge in [0.15, 0.2) is 6.10 Å². The van der Waals surface area contributed by atoms with E-state index in [0.29, 0.717) is 0 Å². The first-order chi connectivity index (χ1) is 8.64. The molecule has 5 heteroatoms. The number of benzene rings is 1. The Morgan fingerprint density at radius 3 is 2.56 bits per heavy atom. The van der Waals surface area contributed by atoms with Crippen LogP contribution in [0.5, 0.6) is 0 Å². The third kappa shape index (κ3) is 1.82. The number of halogens is 3. The number of nitrogens with zero attached hydrogens (tertiary/aromatic N) is 1. The molecular weight excluding hydrogens is 426 g/mol. The van der Waals surface area contributed by atoms with Crippen molar-refractivity contribution in [1.82, 2.24) is 0 Å². The summed E-state index contributed by atoms with van der Waals surface area (Å²) < 4.78 is -0.336. The molecule has 2 nitrogen and oxygen atoms in total. The molecule has 1 aromatic rings. The number of oxime groups is 1. The topological polar surface area (TPSA) is 21.6 Å². The fraction of sp³-hybridized carbons (Fsp3) is 0.308. The van der Waals surface area contributed by atoms with E-state index in [0.717, 1.165) is 11.3 Å². The van der Waals surface area contributed by atoms with Crippen LogP contribution in [-0.2, 0) is 4.84 Å². The van der Waals surface area contributed by atoms with Crippen molar-refractivity contribution in [3.63, 3.8) is 0 Å². The predicted molar refractivity (Wildman–Crippen MR) is 84.1 cm³/mol. The fourth-order valence-corrected chi connectivity index (χ4v) is 4.68. The standard InChI is InChI=1S/C13H10Br3NO/c14-9-6-7-10-13(16,11(9)15)12(17-18-10)8-4-2-1-3-5-8/h1-7,9-11H. The maximum atomic E-state index is 5.55. The molecular formula is C13H10Br3NO. The smallest absolute Gasteiger partial charge is 0.167 e. The first-order valence-corrected chi connectivity index (χ1v) is 8.21.